The van der Waals surface area contributed by atoms with Crippen LogP contribution in [0.1, 0.15) is 19.4 Å². The Kier molecular flexibility index (Phi) is 3.65. The van der Waals surface area contributed by atoms with Crippen molar-refractivity contribution in [1.82, 2.24) is 9.97 Å². The fourth-order valence-electron chi connectivity index (χ4n) is 2.92. The van der Waals surface area contributed by atoms with Crippen molar-refractivity contribution >= 4 is 22.9 Å². The second-order valence-electron chi connectivity index (χ2n) is 5.80. The zero-order chi connectivity index (χ0) is 16.6. The zero-order valence-electron chi connectivity index (χ0n) is 12.7. The lowest BCUT2D eigenvalue weighted by molar-refractivity contribution is -0.386. The molecule has 0 amide bonds. The number of nitro groups is 1. The maximum atomic E-state index is 11.5. The number of aliphatic imine (C=N–C) groups is 1. The molecular weight excluding hydrogens is 296 g/mol. The summed E-state index contributed by atoms with van der Waals surface area (Å²) >= 11 is 0. The van der Waals surface area contributed by atoms with Gasteiger partial charge < -0.3 is 5.11 Å². The highest BCUT2D eigenvalue weighted by molar-refractivity contribution is 5.86. The molecule has 2 aromatic rings. The van der Waals surface area contributed by atoms with E-state index in [-0.39, 0.29) is 17.2 Å². The number of rotatable bonds is 4. The van der Waals surface area contributed by atoms with Gasteiger partial charge in [-0.3, -0.25) is 20.1 Å². The van der Waals surface area contributed by atoms with Crippen LogP contribution in [0.3, 0.4) is 0 Å². The molecule has 1 aliphatic heterocycles. The van der Waals surface area contributed by atoms with Crippen molar-refractivity contribution in [1.29, 1.82) is 0 Å². The van der Waals surface area contributed by atoms with E-state index in [1.807, 2.05) is 13.8 Å². The standard InChI is InChI=1S/C16H16N4O3/c1-10(2)15(21)16(6-4-8-19-16)13-12(20(22)23)9-18-11-5-3-7-17-14(11)13/h3-10,15,21H,1-2H3. The molecule has 0 aromatic carbocycles. The first-order chi connectivity index (χ1) is 11.0. The summed E-state index contributed by atoms with van der Waals surface area (Å²) in [5.41, 5.74) is -0.241. The van der Waals surface area contributed by atoms with Crippen LogP contribution < -0.4 is 0 Å². The molecule has 1 aliphatic rings. The second kappa shape index (κ2) is 5.51. The zero-order valence-corrected chi connectivity index (χ0v) is 12.7. The molecule has 118 valence electrons. The van der Waals surface area contributed by atoms with Crippen LogP contribution >= 0.6 is 0 Å². The summed E-state index contributed by atoms with van der Waals surface area (Å²) in [6, 6.07) is 3.44. The van der Waals surface area contributed by atoms with Crippen molar-refractivity contribution in [3.05, 3.63) is 52.4 Å². The van der Waals surface area contributed by atoms with Gasteiger partial charge >= 0.3 is 0 Å². The van der Waals surface area contributed by atoms with Gasteiger partial charge in [0.05, 0.1) is 22.1 Å². The molecule has 3 rings (SSSR count). The second-order valence-corrected chi connectivity index (χ2v) is 5.80. The van der Waals surface area contributed by atoms with E-state index in [1.54, 1.807) is 36.7 Å². The molecule has 23 heavy (non-hydrogen) atoms. The molecule has 1 N–H and O–H groups in total. The third kappa shape index (κ3) is 2.29. The van der Waals surface area contributed by atoms with E-state index in [0.29, 0.717) is 11.0 Å². The lowest BCUT2D eigenvalue weighted by Crippen LogP contribution is -2.39. The van der Waals surface area contributed by atoms with Crippen LogP contribution in [-0.4, -0.2) is 32.3 Å². The molecule has 2 aromatic heterocycles. The summed E-state index contributed by atoms with van der Waals surface area (Å²) < 4.78 is 0. The largest absolute Gasteiger partial charge is 0.390 e. The van der Waals surface area contributed by atoms with Crippen LogP contribution in [0.5, 0.6) is 0 Å². The molecular formula is C16H16N4O3. The smallest absolute Gasteiger partial charge is 0.295 e. The normalized spacial score (nSPS) is 21.2. The van der Waals surface area contributed by atoms with Gasteiger partial charge in [-0.1, -0.05) is 13.8 Å². The van der Waals surface area contributed by atoms with Crippen molar-refractivity contribution in [2.45, 2.75) is 25.5 Å². The van der Waals surface area contributed by atoms with Crippen LogP contribution in [-0.2, 0) is 5.54 Å². The van der Waals surface area contributed by atoms with Crippen molar-refractivity contribution < 1.29 is 10.0 Å². The van der Waals surface area contributed by atoms with E-state index in [2.05, 4.69) is 15.0 Å². The SMILES string of the molecule is CC(C)C(O)C1(c2c([N+](=O)[O-])cnc3cccnc23)C=CC=N1. The van der Waals surface area contributed by atoms with Gasteiger partial charge in [0, 0.05) is 12.4 Å². The molecule has 7 nitrogen and oxygen atoms in total. The lowest BCUT2D eigenvalue weighted by atomic mass is 9.79. The van der Waals surface area contributed by atoms with Crippen LogP contribution in [0.2, 0.25) is 0 Å². The Morgan fingerprint density at radius 3 is 2.74 bits per heavy atom. The summed E-state index contributed by atoms with van der Waals surface area (Å²) in [5, 5.41) is 22.3. The average molecular weight is 312 g/mol. The maximum absolute atomic E-state index is 11.5. The Labute approximate surface area is 132 Å². The number of fused-ring (bicyclic) bond motifs is 1. The Morgan fingerprint density at radius 2 is 2.13 bits per heavy atom. The Morgan fingerprint density at radius 1 is 1.35 bits per heavy atom. The molecule has 0 fully saturated rings. The van der Waals surface area contributed by atoms with Gasteiger partial charge in [0.2, 0.25) is 0 Å². The number of hydrogen-bond donors (Lipinski definition) is 1. The number of nitrogens with zero attached hydrogens (tertiary/aromatic N) is 4. The molecule has 2 unspecified atom stereocenters. The minimum Gasteiger partial charge on any atom is -0.390 e. The molecule has 0 bridgehead atoms. The predicted molar refractivity (Wildman–Crippen MR) is 86.3 cm³/mol. The first-order valence-electron chi connectivity index (χ1n) is 7.27. The van der Waals surface area contributed by atoms with Gasteiger partial charge in [-0.15, -0.1) is 0 Å². The number of aliphatic hydroxyl groups is 1. The molecule has 0 aliphatic carbocycles. The molecule has 2 atom stereocenters. The summed E-state index contributed by atoms with van der Waals surface area (Å²) in [5.74, 6) is -0.151. The number of allylic oxidation sites excluding steroid dienone is 1. The van der Waals surface area contributed by atoms with E-state index in [4.69, 9.17) is 0 Å². The highest BCUT2D eigenvalue weighted by atomic mass is 16.6. The van der Waals surface area contributed by atoms with Crippen molar-refractivity contribution in [3.8, 4) is 0 Å². The highest BCUT2D eigenvalue weighted by Gasteiger charge is 2.46. The highest BCUT2D eigenvalue weighted by Crippen LogP contribution is 2.43. The molecule has 0 saturated heterocycles. The van der Waals surface area contributed by atoms with Gasteiger partial charge in [-0.25, -0.2) is 4.98 Å². The predicted octanol–water partition coefficient (Wildman–Crippen LogP) is 2.39. The lowest BCUT2D eigenvalue weighted by Gasteiger charge is -2.32. The van der Waals surface area contributed by atoms with Gasteiger partial charge in [0.1, 0.15) is 17.3 Å². The monoisotopic (exact) mass is 312 g/mol. The van der Waals surface area contributed by atoms with Crippen LogP contribution in [0, 0.1) is 16.0 Å². The van der Waals surface area contributed by atoms with Crippen LogP contribution in [0.25, 0.3) is 11.0 Å². The van der Waals surface area contributed by atoms with Gasteiger partial charge in [-0.05, 0) is 30.2 Å². The summed E-state index contributed by atoms with van der Waals surface area (Å²) in [6.45, 7) is 3.69. The average Bonchev–Trinajstić information content (AvgIpc) is 3.03. The van der Waals surface area contributed by atoms with E-state index < -0.39 is 16.6 Å². The van der Waals surface area contributed by atoms with Crippen molar-refractivity contribution in [3.63, 3.8) is 0 Å². The molecule has 0 radical (unpaired) electrons. The first-order valence-corrected chi connectivity index (χ1v) is 7.27. The van der Waals surface area contributed by atoms with Crippen LogP contribution in [0.4, 0.5) is 5.69 Å². The minimum atomic E-state index is -1.23. The number of aromatic nitrogens is 2. The van der Waals surface area contributed by atoms with Crippen LogP contribution in [0.15, 0.2) is 41.7 Å². The maximum Gasteiger partial charge on any atom is 0.295 e. The quantitative estimate of drug-likeness (QED) is 0.690. The summed E-state index contributed by atoms with van der Waals surface area (Å²) in [7, 11) is 0. The van der Waals surface area contributed by atoms with E-state index in [0.717, 1.165) is 0 Å². The van der Waals surface area contributed by atoms with E-state index in [1.165, 1.54) is 6.20 Å². The number of aliphatic hydroxyl groups excluding tert-OH is 1. The van der Waals surface area contributed by atoms with E-state index >= 15 is 0 Å². The van der Waals surface area contributed by atoms with Crippen molar-refractivity contribution in [2.24, 2.45) is 10.9 Å². The minimum absolute atomic E-state index is 0.151. The topological polar surface area (TPSA) is 102 Å². The Balaban J connectivity index is 2.40. The fraction of sp³-hybridized carbons (Fsp3) is 0.312. The van der Waals surface area contributed by atoms with E-state index in [9.17, 15) is 15.2 Å². The van der Waals surface area contributed by atoms with Gasteiger partial charge in [0.25, 0.3) is 5.69 Å². The molecule has 7 heteroatoms. The van der Waals surface area contributed by atoms with Gasteiger partial charge in [0.15, 0.2) is 0 Å². The Bertz CT molecular complexity index is 817. The molecule has 3 heterocycles. The first kappa shape index (κ1) is 15.2. The number of hydrogen-bond acceptors (Lipinski definition) is 6. The third-order valence-corrected chi connectivity index (χ3v) is 4.01. The Hall–Kier alpha value is -2.67. The molecule has 0 spiro atoms. The summed E-state index contributed by atoms with van der Waals surface area (Å²) in [6.07, 6.45) is 6.75. The fourth-order valence-corrected chi connectivity index (χ4v) is 2.92. The number of pyridine rings is 2. The molecule has 0 saturated carbocycles. The third-order valence-electron chi connectivity index (χ3n) is 4.01. The van der Waals surface area contributed by atoms with Crippen molar-refractivity contribution in [2.75, 3.05) is 0 Å². The van der Waals surface area contributed by atoms with Gasteiger partial charge in [-0.2, -0.15) is 0 Å². The summed E-state index contributed by atoms with van der Waals surface area (Å²) in [4.78, 5) is 23.8.